The highest BCUT2D eigenvalue weighted by Gasteiger charge is 2.14. The van der Waals surface area contributed by atoms with E-state index in [1.165, 1.54) is 6.42 Å². The van der Waals surface area contributed by atoms with Crippen LogP contribution < -0.4 is 22.1 Å². The zero-order valence-corrected chi connectivity index (χ0v) is 9.70. The van der Waals surface area contributed by atoms with Crippen molar-refractivity contribution in [2.75, 3.05) is 30.7 Å². The van der Waals surface area contributed by atoms with E-state index in [0.29, 0.717) is 17.2 Å². The summed E-state index contributed by atoms with van der Waals surface area (Å²) in [7, 11) is 0. The predicted molar refractivity (Wildman–Crippen MR) is 68.8 cm³/mol. The molecule has 0 aliphatic carbocycles. The predicted octanol–water partition coefficient (Wildman–Crippen LogP) is 0.389. The van der Waals surface area contributed by atoms with Crippen molar-refractivity contribution >= 4 is 17.3 Å². The van der Waals surface area contributed by atoms with Crippen LogP contribution in [-0.2, 0) is 0 Å². The van der Waals surface area contributed by atoms with E-state index in [2.05, 4.69) is 10.6 Å². The van der Waals surface area contributed by atoms with E-state index in [1.54, 1.807) is 18.2 Å². The summed E-state index contributed by atoms with van der Waals surface area (Å²) in [5.74, 6) is 0.188. The largest absolute Gasteiger partial charge is 0.397 e. The van der Waals surface area contributed by atoms with Crippen LogP contribution in [0.3, 0.4) is 0 Å². The number of carbonyl (C=O) groups is 1. The minimum Gasteiger partial charge on any atom is -0.397 e. The maximum absolute atomic E-state index is 11.0. The van der Waals surface area contributed by atoms with E-state index < -0.39 is 5.91 Å². The molecule has 6 N–H and O–H groups in total. The summed E-state index contributed by atoms with van der Waals surface area (Å²) in [6, 6.07) is 5.10. The highest BCUT2D eigenvalue weighted by atomic mass is 16.1. The quantitative estimate of drug-likeness (QED) is 0.567. The summed E-state index contributed by atoms with van der Waals surface area (Å²) in [5, 5.41) is 6.62. The molecule has 5 heteroatoms. The van der Waals surface area contributed by atoms with Crippen LogP contribution in [0.2, 0.25) is 0 Å². The minimum atomic E-state index is -0.455. The van der Waals surface area contributed by atoms with E-state index in [0.717, 1.165) is 25.3 Å². The van der Waals surface area contributed by atoms with Crippen LogP contribution >= 0.6 is 0 Å². The van der Waals surface area contributed by atoms with Gasteiger partial charge in [0.15, 0.2) is 0 Å². The second kappa shape index (κ2) is 5.05. The minimum absolute atomic E-state index is 0.440. The van der Waals surface area contributed by atoms with Gasteiger partial charge in [-0.25, -0.2) is 0 Å². The lowest BCUT2D eigenvalue weighted by atomic mass is 10.1. The average molecular weight is 234 g/mol. The molecule has 1 aliphatic rings. The van der Waals surface area contributed by atoms with Crippen LogP contribution in [0.5, 0.6) is 0 Å². The lowest BCUT2D eigenvalue weighted by molar-refractivity contribution is 0.100. The maximum Gasteiger partial charge on any atom is 0.248 e. The summed E-state index contributed by atoms with van der Waals surface area (Å²) in [6.45, 7) is 3.03. The Bertz CT molecular complexity index is 413. The Hall–Kier alpha value is -1.75. The van der Waals surface area contributed by atoms with E-state index in [1.807, 2.05) is 0 Å². The van der Waals surface area contributed by atoms with Gasteiger partial charge in [-0.15, -0.1) is 0 Å². The zero-order valence-electron chi connectivity index (χ0n) is 9.70. The summed E-state index contributed by atoms with van der Waals surface area (Å²) >= 11 is 0. The molecule has 92 valence electrons. The number of hydrogen-bond acceptors (Lipinski definition) is 4. The highest BCUT2D eigenvalue weighted by molar-refractivity contribution is 5.94. The molecule has 1 atom stereocenters. The smallest absolute Gasteiger partial charge is 0.248 e. The summed E-state index contributed by atoms with van der Waals surface area (Å²) in [4.78, 5) is 11.0. The first-order valence-corrected chi connectivity index (χ1v) is 5.80. The van der Waals surface area contributed by atoms with Gasteiger partial charge in [0.25, 0.3) is 0 Å². The van der Waals surface area contributed by atoms with Crippen molar-refractivity contribution in [3.63, 3.8) is 0 Å². The van der Waals surface area contributed by atoms with Crippen LogP contribution in [0, 0.1) is 5.92 Å². The molecule has 0 bridgehead atoms. The molecule has 1 amide bonds. The van der Waals surface area contributed by atoms with E-state index >= 15 is 0 Å². The molecular formula is C12H18N4O. The van der Waals surface area contributed by atoms with Crippen LogP contribution in [0.4, 0.5) is 11.4 Å². The van der Waals surface area contributed by atoms with Crippen molar-refractivity contribution in [3.05, 3.63) is 23.8 Å². The molecule has 1 aromatic carbocycles. The van der Waals surface area contributed by atoms with Gasteiger partial charge in [-0.3, -0.25) is 4.79 Å². The van der Waals surface area contributed by atoms with Gasteiger partial charge in [0.05, 0.1) is 11.4 Å². The molecule has 5 nitrogen and oxygen atoms in total. The molecule has 0 saturated carbocycles. The first-order valence-electron chi connectivity index (χ1n) is 5.80. The Balaban J connectivity index is 1.98. The van der Waals surface area contributed by atoms with Crippen LogP contribution in [-0.4, -0.2) is 25.5 Å². The Morgan fingerprint density at radius 1 is 1.53 bits per heavy atom. The van der Waals surface area contributed by atoms with Gasteiger partial charge in [0.2, 0.25) is 5.91 Å². The zero-order chi connectivity index (χ0) is 12.3. The number of primary amides is 1. The number of benzene rings is 1. The van der Waals surface area contributed by atoms with Gasteiger partial charge in [0, 0.05) is 12.1 Å². The van der Waals surface area contributed by atoms with Gasteiger partial charge in [-0.2, -0.15) is 0 Å². The fourth-order valence-electron chi connectivity index (χ4n) is 2.02. The van der Waals surface area contributed by atoms with Crippen LogP contribution in [0.1, 0.15) is 16.8 Å². The van der Waals surface area contributed by atoms with E-state index in [-0.39, 0.29) is 0 Å². The van der Waals surface area contributed by atoms with Crippen molar-refractivity contribution in [2.24, 2.45) is 11.7 Å². The lowest BCUT2D eigenvalue weighted by Gasteiger charge is -2.13. The van der Waals surface area contributed by atoms with Gasteiger partial charge in [-0.1, -0.05) is 0 Å². The van der Waals surface area contributed by atoms with Crippen LogP contribution in [0.15, 0.2) is 18.2 Å². The first kappa shape index (κ1) is 11.7. The molecular weight excluding hydrogens is 216 g/mol. The topological polar surface area (TPSA) is 93.2 Å². The van der Waals surface area contributed by atoms with E-state index in [4.69, 9.17) is 11.5 Å². The molecule has 1 aromatic rings. The second-order valence-electron chi connectivity index (χ2n) is 4.41. The van der Waals surface area contributed by atoms with Gasteiger partial charge in [0.1, 0.15) is 0 Å². The Kier molecular flexibility index (Phi) is 3.49. The number of anilines is 2. The number of nitrogen functional groups attached to an aromatic ring is 1. The summed E-state index contributed by atoms with van der Waals surface area (Å²) < 4.78 is 0. The fourth-order valence-corrected chi connectivity index (χ4v) is 2.02. The van der Waals surface area contributed by atoms with Gasteiger partial charge in [-0.05, 0) is 43.6 Å². The number of rotatable bonds is 4. The highest BCUT2D eigenvalue weighted by Crippen LogP contribution is 2.20. The molecule has 1 fully saturated rings. The SMILES string of the molecule is NC(=O)c1ccc(NC[C@@H]2CCNC2)c(N)c1. The number of nitrogens with one attached hydrogen (secondary N) is 2. The third-order valence-electron chi connectivity index (χ3n) is 3.08. The molecule has 0 radical (unpaired) electrons. The fraction of sp³-hybridized carbons (Fsp3) is 0.417. The Morgan fingerprint density at radius 2 is 2.35 bits per heavy atom. The second-order valence-corrected chi connectivity index (χ2v) is 4.41. The standard InChI is InChI=1S/C12H18N4O/c13-10-5-9(12(14)17)1-2-11(10)16-7-8-3-4-15-6-8/h1-2,5,8,15-16H,3-4,6-7,13H2,(H2,14,17)/t8-/m1/s1. The molecule has 2 rings (SSSR count). The lowest BCUT2D eigenvalue weighted by Crippen LogP contribution is -2.18. The first-order chi connectivity index (χ1) is 8.16. The third kappa shape index (κ3) is 2.88. The summed E-state index contributed by atoms with van der Waals surface area (Å²) in [5.41, 5.74) is 12.9. The normalized spacial score (nSPS) is 19.2. The average Bonchev–Trinajstić information content (AvgIpc) is 2.80. The number of amides is 1. The molecule has 1 saturated heterocycles. The van der Waals surface area contributed by atoms with Crippen LogP contribution in [0.25, 0.3) is 0 Å². The molecule has 1 heterocycles. The maximum atomic E-state index is 11.0. The Labute approximate surface area is 101 Å². The van der Waals surface area contributed by atoms with Crippen molar-refractivity contribution in [3.8, 4) is 0 Å². The monoisotopic (exact) mass is 234 g/mol. The number of carbonyl (C=O) groups excluding carboxylic acids is 1. The molecule has 17 heavy (non-hydrogen) atoms. The van der Waals surface area contributed by atoms with E-state index in [9.17, 15) is 4.79 Å². The Morgan fingerprint density at radius 3 is 2.94 bits per heavy atom. The molecule has 0 aromatic heterocycles. The third-order valence-corrected chi connectivity index (χ3v) is 3.08. The number of nitrogens with two attached hydrogens (primary N) is 2. The summed E-state index contributed by atoms with van der Waals surface area (Å²) in [6.07, 6.45) is 1.19. The van der Waals surface area contributed by atoms with Crippen molar-refractivity contribution < 1.29 is 4.79 Å². The van der Waals surface area contributed by atoms with Crippen molar-refractivity contribution in [2.45, 2.75) is 6.42 Å². The molecule has 0 unspecified atom stereocenters. The number of hydrogen-bond donors (Lipinski definition) is 4. The molecule has 1 aliphatic heterocycles. The van der Waals surface area contributed by atoms with Gasteiger partial charge < -0.3 is 22.1 Å². The van der Waals surface area contributed by atoms with Crippen molar-refractivity contribution in [1.82, 2.24) is 5.32 Å². The van der Waals surface area contributed by atoms with Gasteiger partial charge >= 0.3 is 0 Å². The molecule has 0 spiro atoms. The van der Waals surface area contributed by atoms with Crippen molar-refractivity contribution in [1.29, 1.82) is 0 Å².